The van der Waals surface area contributed by atoms with E-state index in [4.69, 9.17) is 14.9 Å². The fourth-order valence-corrected chi connectivity index (χ4v) is 2.12. The van der Waals surface area contributed by atoms with Crippen molar-refractivity contribution in [3.05, 3.63) is 24.2 Å². The average Bonchev–Trinajstić information content (AvgIpc) is 2.81. The number of nitrogens with zero attached hydrogens (tertiary/aromatic N) is 2. The molecule has 0 aliphatic rings. The molecule has 0 saturated carbocycles. The zero-order chi connectivity index (χ0) is 16.5. The molecule has 0 aliphatic carbocycles. The number of esters is 1. The number of oxazole rings is 1. The SMILES string of the molecule is CCC(C(=O)OC(C)(C)C)C(N)(O)c1nc2ncccc2o1. The molecule has 2 aromatic heterocycles. The third kappa shape index (κ3) is 3.26. The minimum absolute atomic E-state index is 0.154. The molecule has 3 N–H and O–H groups in total. The fraction of sp³-hybridized carbons (Fsp3) is 0.533. The highest BCUT2D eigenvalue weighted by atomic mass is 16.6. The summed E-state index contributed by atoms with van der Waals surface area (Å²) in [6.45, 7) is 6.97. The van der Waals surface area contributed by atoms with Crippen molar-refractivity contribution >= 4 is 17.2 Å². The molecule has 0 aliphatic heterocycles. The first kappa shape index (κ1) is 16.4. The average molecular weight is 307 g/mol. The summed E-state index contributed by atoms with van der Waals surface area (Å²) < 4.78 is 10.7. The van der Waals surface area contributed by atoms with Crippen LogP contribution in [-0.2, 0) is 15.3 Å². The predicted molar refractivity (Wildman–Crippen MR) is 79.5 cm³/mol. The summed E-state index contributed by atoms with van der Waals surface area (Å²) >= 11 is 0. The summed E-state index contributed by atoms with van der Waals surface area (Å²) in [6, 6.07) is 3.33. The van der Waals surface area contributed by atoms with Crippen LogP contribution >= 0.6 is 0 Å². The topological polar surface area (TPSA) is 111 Å². The van der Waals surface area contributed by atoms with E-state index >= 15 is 0 Å². The third-order valence-corrected chi connectivity index (χ3v) is 3.14. The smallest absolute Gasteiger partial charge is 0.314 e. The van der Waals surface area contributed by atoms with Crippen LogP contribution < -0.4 is 5.73 Å². The Balaban J connectivity index is 2.35. The highest BCUT2D eigenvalue weighted by Crippen LogP contribution is 2.30. The van der Waals surface area contributed by atoms with Crippen LogP contribution in [0.4, 0.5) is 0 Å². The summed E-state index contributed by atoms with van der Waals surface area (Å²) in [5, 5.41) is 10.6. The Bertz CT molecular complexity index is 640. The van der Waals surface area contributed by atoms with E-state index < -0.39 is 23.2 Å². The number of hydrogen-bond acceptors (Lipinski definition) is 7. The molecule has 120 valence electrons. The molecule has 0 bridgehead atoms. The van der Waals surface area contributed by atoms with Gasteiger partial charge in [-0.2, -0.15) is 4.98 Å². The first-order chi connectivity index (χ1) is 10.1. The second kappa shape index (κ2) is 5.66. The molecule has 2 atom stereocenters. The van der Waals surface area contributed by atoms with Crippen molar-refractivity contribution in [3.8, 4) is 0 Å². The summed E-state index contributed by atoms with van der Waals surface area (Å²) in [4.78, 5) is 20.4. The lowest BCUT2D eigenvalue weighted by Crippen LogP contribution is -2.49. The summed E-state index contributed by atoms with van der Waals surface area (Å²) in [7, 11) is 0. The third-order valence-electron chi connectivity index (χ3n) is 3.14. The molecule has 2 rings (SSSR count). The molecule has 0 amide bonds. The monoisotopic (exact) mass is 307 g/mol. The van der Waals surface area contributed by atoms with E-state index in [1.165, 1.54) is 0 Å². The van der Waals surface area contributed by atoms with E-state index in [-0.39, 0.29) is 12.3 Å². The second-order valence-electron chi connectivity index (χ2n) is 6.16. The molecule has 0 saturated heterocycles. The number of aliphatic hydroxyl groups is 1. The van der Waals surface area contributed by atoms with Crippen LogP contribution in [0.5, 0.6) is 0 Å². The molecule has 22 heavy (non-hydrogen) atoms. The zero-order valence-electron chi connectivity index (χ0n) is 13.2. The number of ether oxygens (including phenoxy) is 1. The predicted octanol–water partition coefficient (Wildman–Crippen LogP) is 1.69. The van der Waals surface area contributed by atoms with E-state index in [2.05, 4.69) is 9.97 Å². The van der Waals surface area contributed by atoms with Gasteiger partial charge in [0.15, 0.2) is 11.2 Å². The molecule has 7 nitrogen and oxygen atoms in total. The molecule has 0 fully saturated rings. The van der Waals surface area contributed by atoms with Gasteiger partial charge >= 0.3 is 5.97 Å². The van der Waals surface area contributed by atoms with Crippen molar-refractivity contribution in [2.45, 2.75) is 45.4 Å². The maximum absolute atomic E-state index is 12.3. The lowest BCUT2D eigenvalue weighted by Gasteiger charge is -2.30. The Morgan fingerprint density at radius 1 is 1.50 bits per heavy atom. The number of rotatable bonds is 4. The minimum Gasteiger partial charge on any atom is -0.460 e. The Kier molecular flexibility index (Phi) is 4.21. The van der Waals surface area contributed by atoms with E-state index in [9.17, 15) is 9.90 Å². The summed E-state index contributed by atoms with van der Waals surface area (Å²) in [6.07, 6.45) is 1.82. The first-order valence-corrected chi connectivity index (χ1v) is 7.11. The number of nitrogens with two attached hydrogens (primary N) is 1. The van der Waals surface area contributed by atoms with Gasteiger partial charge < -0.3 is 14.3 Å². The molecule has 2 aromatic rings. The Morgan fingerprint density at radius 2 is 2.18 bits per heavy atom. The number of carbonyl (C=O) groups is 1. The van der Waals surface area contributed by atoms with Crippen LogP contribution in [0.15, 0.2) is 22.7 Å². The molecule has 7 heteroatoms. The van der Waals surface area contributed by atoms with Crippen molar-refractivity contribution in [1.82, 2.24) is 9.97 Å². The van der Waals surface area contributed by atoms with Crippen molar-refractivity contribution in [3.63, 3.8) is 0 Å². The number of hydrogen-bond donors (Lipinski definition) is 2. The van der Waals surface area contributed by atoms with Gasteiger partial charge in [-0.05, 0) is 39.3 Å². The maximum atomic E-state index is 12.3. The molecule has 0 spiro atoms. The largest absolute Gasteiger partial charge is 0.460 e. The zero-order valence-corrected chi connectivity index (χ0v) is 13.2. The molecule has 2 unspecified atom stereocenters. The number of aromatic nitrogens is 2. The van der Waals surface area contributed by atoms with Crippen LogP contribution in [0.1, 0.15) is 40.0 Å². The van der Waals surface area contributed by atoms with Gasteiger partial charge in [0.2, 0.25) is 11.6 Å². The van der Waals surface area contributed by atoms with Crippen molar-refractivity contribution < 1.29 is 19.1 Å². The Labute approximate surface area is 128 Å². The van der Waals surface area contributed by atoms with Crippen molar-refractivity contribution in [1.29, 1.82) is 0 Å². The van der Waals surface area contributed by atoms with Crippen LogP contribution in [-0.4, -0.2) is 26.6 Å². The second-order valence-corrected chi connectivity index (χ2v) is 6.16. The molecular weight excluding hydrogens is 286 g/mol. The lowest BCUT2D eigenvalue weighted by atomic mass is 9.93. The summed E-state index contributed by atoms with van der Waals surface area (Å²) in [5.74, 6) is -1.76. The number of pyridine rings is 1. The highest BCUT2D eigenvalue weighted by Gasteiger charge is 2.44. The van der Waals surface area contributed by atoms with E-state index in [0.717, 1.165) is 0 Å². The van der Waals surface area contributed by atoms with E-state index in [1.54, 1.807) is 46.0 Å². The first-order valence-electron chi connectivity index (χ1n) is 7.11. The van der Waals surface area contributed by atoms with Gasteiger partial charge in [-0.15, -0.1) is 0 Å². The summed E-state index contributed by atoms with van der Waals surface area (Å²) in [5.41, 5.74) is 3.91. The molecule has 0 aromatic carbocycles. The van der Waals surface area contributed by atoms with Gasteiger partial charge in [0.25, 0.3) is 0 Å². The molecular formula is C15H21N3O4. The van der Waals surface area contributed by atoms with E-state index in [0.29, 0.717) is 11.2 Å². The van der Waals surface area contributed by atoms with Crippen LogP contribution in [0, 0.1) is 5.92 Å². The fourth-order valence-electron chi connectivity index (χ4n) is 2.12. The van der Waals surface area contributed by atoms with Gasteiger partial charge in [-0.25, -0.2) is 4.98 Å². The van der Waals surface area contributed by atoms with Gasteiger partial charge in [0.1, 0.15) is 11.5 Å². The highest BCUT2D eigenvalue weighted by molar-refractivity contribution is 5.74. The molecule has 2 heterocycles. The number of carbonyl (C=O) groups excluding carboxylic acids is 1. The van der Waals surface area contributed by atoms with Crippen molar-refractivity contribution in [2.75, 3.05) is 0 Å². The normalized spacial score (nSPS) is 16.3. The van der Waals surface area contributed by atoms with Gasteiger partial charge in [0.05, 0.1) is 0 Å². The van der Waals surface area contributed by atoms with Crippen molar-refractivity contribution in [2.24, 2.45) is 11.7 Å². The van der Waals surface area contributed by atoms with Crippen LogP contribution in [0.3, 0.4) is 0 Å². The number of fused-ring (bicyclic) bond motifs is 1. The Hall–Kier alpha value is -1.99. The van der Waals surface area contributed by atoms with Crippen LogP contribution in [0.2, 0.25) is 0 Å². The molecule has 0 radical (unpaired) electrons. The Morgan fingerprint density at radius 3 is 2.73 bits per heavy atom. The maximum Gasteiger partial charge on any atom is 0.314 e. The van der Waals surface area contributed by atoms with Gasteiger partial charge in [-0.3, -0.25) is 10.5 Å². The van der Waals surface area contributed by atoms with Gasteiger partial charge in [-0.1, -0.05) is 6.92 Å². The quantitative estimate of drug-likeness (QED) is 0.653. The van der Waals surface area contributed by atoms with Gasteiger partial charge in [0, 0.05) is 6.20 Å². The minimum atomic E-state index is -2.07. The van der Waals surface area contributed by atoms with Crippen LogP contribution in [0.25, 0.3) is 11.2 Å². The van der Waals surface area contributed by atoms with E-state index in [1.807, 2.05) is 0 Å². The lowest BCUT2D eigenvalue weighted by molar-refractivity contribution is -0.172. The standard InChI is InChI=1S/C15H21N3O4/c1-5-9(12(19)22-14(2,3)4)15(16,20)13-18-11-10(21-13)7-6-8-17-11/h6-9,20H,5,16H2,1-4H3.